The Morgan fingerprint density at radius 3 is 2.96 bits per heavy atom. The molecule has 1 saturated heterocycles. The minimum Gasteiger partial charge on any atom is -0.297 e. The van der Waals surface area contributed by atoms with Gasteiger partial charge in [0.2, 0.25) is 0 Å². The molecule has 3 heterocycles. The van der Waals surface area contributed by atoms with E-state index in [1.165, 1.54) is 17.8 Å². The van der Waals surface area contributed by atoms with Crippen molar-refractivity contribution in [1.29, 1.82) is 0 Å². The minimum absolute atomic E-state index is 0.0448. The highest BCUT2D eigenvalue weighted by Crippen LogP contribution is 2.31. The lowest BCUT2D eigenvalue weighted by atomic mass is 10.0. The second kappa shape index (κ2) is 6.83. The first-order chi connectivity index (χ1) is 11.8. The Kier molecular flexibility index (Phi) is 4.40. The first-order valence-electron chi connectivity index (χ1n) is 8.40. The number of hydrogen-bond acceptors (Lipinski definition) is 5. The molecule has 1 atom stereocenters. The lowest BCUT2D eigenvalue weighted by molar-refractivity contribution is 0.142. The van der Waals surface area contributed by atoms with Gasteiger partial charge in [0, 0.05) is 24.7 Å². The van der Waals surface area contributed by atoms with E-state index < -0.39 is 0 Å². The molecule has 0 amide bonds. The van der Waals surface area contributed by atoms with Gasteiger partial charge in [0.1, 0.15) is 5.01 Å². The zero-order chi connectivity index (χ0) is 16.4. The van der Waals surface area contributed by atoms with Crippen molar-refractivity contribution in [2.75, 3.05) is 13.1 Å². The van der Waals surface area contributed by atoms with Gasteiger partial charge in [-0.2, -0.15) is 0 Å². The molecule has 6 heteroatoms. The summed E-state index contributed by atoms with van der Waals surface area (Å²) in [7, 11) is 0. The van der Waals surface area contributed by atoms with E-state index in [0.717, 1.165) is 25.0 Å². The van der Waals surface area contributed by atoms with Gasteiger partial charge in [-0.25, -0.2) is 9.97 Å². The maximum atomic E-state index is 12.6. The smallest absolute Gasteiger partial charge is 0.261 e. The second-order valence-electron chi connectivity index (χ2n) is 6.18. The zero-order valence-corrected chi connectivity index (χ0v) is 14.3. The number of fused-ring (bicyclic) bond motifs is 1. The second-order valence-corrected chi connectivity index (χ2v) is 7.10. The fourth-order valence-electron chi connectivity index (χ4n) is 3.44. The molecule has 1 aromatic carbocycles. The Bertz CT molecular complexity index is 874. The van der Waals surface area contributed by atoms with Crippen LogP contribution in [0.2, 0.25) is 0 Å². The molecule has 0 spiro atoms. The third kappa shape index (κ3) is 2.99. The molecular weight excluding hydrogens is 320 g/mol. The van der Waals surface area contributed by atoms with Crippen molar-refractivity contribution in [1.82, 2.24) is 19.4 Å². The van der Waals surface area contributed by atoms with Gasteiger partial charge < -0.3 is 0 Å². The molecule has 1 aliphatic heterocycles. The first kappa shape index (κ1) is 15.5. The minimum atomic E-state index is 0.0448. The summed E-state index contributed by atoms with van der Waals surface area (Å²) in [5.74, 6) is 0. The summed E-state index contributed by atoms with van der Waals surface area (Å²) in [4.78, 5) is 24.0. The number of nitrogens with zero attached hydrogens (tertiary/aromatic N) is 4. The maximum Gasteiger partial charge on any atom is 0.261 e. The van der Waals surface area contributed by atoms with Crippen LogP contribution >= 0.6 is 11.3 Å². The molecule has 0 N–H and O–H groups in total. The fraction of sp³-hybridized carbons (Fsp3) is 0.389. The van der Waals surface area contributed by atoms with Crippen LogP contribution in [0.15, 0.2) is 47.0 Å². The van der Waals surface area contributed by atoms with Gasteiger partial charge in [-0.05, 0) is 31.5 Å². The summed E-state index contributed by atoms with van der Waals surface area (Å²) in [6.45, 7) is 2.59. The summed E-state index contributed by atoms with van der Waals surface area (Å²) >= 11 is 1.73. The highest BCUT2D eigenvalue weighted by atomic mass is 32.1. The van der Waals surface area contributed by atoms with Crippen LogP contribution < -0.4 is 5.56 Å². The van der Waals surface area contributed by atoms with Gasteiger partial charge in [0.25, 0.3) is 5.56 Å². The van der Waals surface area contributed by atoms with Gasteiger partial charge in [-0.3, -0.25) is 14.3 Å². The Labute approximate surface area is 144 Å². The van der Waals surface area contributed by atoms with Gasteiger partial charge in [0.05, 0.1) is 23.3 Å². The lowest BCUT2D eigenvalue weighted by Gasteiger charge is -2.34. The zero-order valence-electron chi connectivity index (χ0n) is 13.5. The standard InChI is InChI=1S/C18H20N4OS/c23-18-14-5-1-2-6-15(14)20-13-22(18)11-10-21-9-4-3-7-16(21)17-19-8-12-24-17/h1-2,5-6,8,12-13,16H,3-4,7,9-11H2. The molecule has 1 aliphatic rings. The van der Waals surface area contributed by atoms with Crippen molar-refractivity contribution < 1.29 is 0 Å². The van der Waals surface area contributed by atoms with E-state index >= 15 is 0 Å². The van der Waals surface area contributed by atoms with Gasteiger partial charge in [0.15, 0.2) is 0 Å². The van der Waals surface area contributed by atoms with E-state index in [9.17, 15) is 4.79 Å². The van der Waals surface area contributed by atoms with Crippen molar-refractivity contribution >= 4 is 22.2 Å². The number of aromatic nitrogens is 3. The summed E-state index contributed by atoms with van der Waals surface area (Å²) in [6.07, 6.45) is 7.17. The largest absolute Gasteiger partial charge is 0.297 e. The number of piperidine rings is 1. The van der Waals surface area contributed by atoms with E-state index in [1.807, 2.05) is 35.8 Å². The monoisotopic (exact) mass is 340 g/mol. The number of thiazole rings is 1. The molecule has 4 rings (SSSR count). The Morgan fingerprint density at radius 1 is 1.17 bits per heavy atom. The molecule has 0 radical (unpaired) electrons. The van der Waals surface area contributed by atoms with Crippen LogP contribution in [0.4, 0.5) is 0 Å². The third-order valence-electron chi connectivity index (χ3n) is 4.71. The van der Waals surface area contributed by atoms with E-state index in [1.54, 1.807) is 22.2 Å². The topological polar surface area (TPSA) is 51.0 Å². The fourth-order valence-corrected chi connectivity index (χ4v) is 4.25. The number of para-hydroxylation sites is 1. The summed E-state index contributed by atoms with van der Waals surface area (Å²) in [6, 6.07) is 7.91. The molecule has 5 nitrogen and oxygen atoms in total. The van der Waals surface area contributed by atoms with Crippen molar-refractivity contribution in [2.24, 2.45) is 0 Å². The van der Waals surface area contributed by atoms with E-state index in [4.69, 9.17) is 0 Å². The van der Waals surface area contributed by atoms with Crippen molar-refractivity contribution in [3.8, 4) is 0 Å². The first-order valence-corrected chi connectivity index (χ1v) is 9.28. The van der Waals surface area contributed by atoms with Crippen LogP contribution in [0.5, 0.6) is 0 Å². The van der Waals surface area contributed by atoms with E-state index in [0.29, 0.717) is 18.0 Å². The Hall–Kier alpha value is -2.05. The summed E-state index contributed by atoms with van der Waals surface area (Å²) in [5.41, 5.74) is 0.806. The molecule has 24 heavy (non-hydrogen) atoms. The van der Waals surface area contributed by atoms with Crippen molar-refractivity contribution in [2.45, 2.75) is 31.8 Å². The van der Waals surface area contributed by atoms with Crippen LogP contribution in [0.25, 0.3) is 10.9 Å². The number of rotatable bonds is 4. The molecular formula is C18H20N4OS. The Morgan fingerprint density at radius 2 is 2.08 bits per heavy atom. The van der Waals surface area contributed by atoms with Crippen molar-refractivity contribution in [3.05, 3.63) is 57.5 Å². The number of benzene rings is 1. The normalized spacial score (nSPS) is 18.9. The molecule has 1 fully saturated rings. The number of likely N-dealkylation sites (tertiary alicyclic amines) is 1. The molecule has 124 valence electrons. The molecule has 0 saturated carbocycles. The van der Waals surface area contributed by atoms with Crippen LogP contribution in [0.1, 0.15) is 30.3 Å². The summed E-state index contributed by atoms with van der Waals surface area (Å²) in [5, 5.41) is 3.92. The van der Waals surface area contributed by atoms with Crippen LogP contribution in [-0.2, 0) is 6.54 Å². The SMILES string of the molecule is O=c1c2ccccc2ncn1CCN1CCCCC1c1nccs1. The van der Waals surface area contributed by atoms with Crippen LogP contribution in [0.3, 0.4) is 0 Å². The predicted octanol–water partition coefficient (Wildman–Crippen LogP) is 3.08. The number of hydrogen-bond donors (Lipinski definition) is 0. The quantitative estimate of drug-likeness (QED) is 0.732. The third-order valence-corrected chi connectivity index (χ3v) is 5.59. The molecule has 3 aromatic rings. The van der Waals surface area contributed by atoms with Crippen LogP contribution in [-0.4, -0.2) is 32.5 Å². The average molecular weight is 340 g/mol. The van der Waals surface area contributed by atoms with E-state index in [2.05, 4.69) is 14.9 Å². The average Bonchev–Trinajstić information content (AvgIpc) is 3.16. The summed E-state index contributed by atoms with van der Waals surface area (Å²) < 4.78 is 1.73. The van der Waals surface area contributed by atoms with Crippen molar-refractivity contribution in [3.63, 3.8) is 0 Å². The van der Waals surface area contributed by atoms with Gasteiger partial charge in [-0.15, -0.1) is 11.3 Å². The van der Waals surface area contributed by atoms with Gasteiger partial charge >= 0.3 is 0 Å². The molecule has 2 aromatic heterocycles. The van der Waals surface area contributed by atoms with Gasteiger partial charge in [-0.1, -0.05) is 18.6 Å². The molecule has 1 unspecified atom stereocenters. The van der Waals surface area contributed by atoms with E-state index in [-0.39, 0.29) is 5.56 Å². The molecule has 0 aliphatic carbocycles. The highest BCUT2D eigenvalue weighted by Gasteiger charge is 2.25. The Balaban J connectivity index is 1.53. The maximum absolute atomic E-state index is 12.6. The lowest BCUT2D eigenvalue weighted by Crippen LogP contribution is -2.37. The highest BCUT2D eigenvalue weighted by molar-refractivity contribution is 7.09. The van der Waals surface area contributed by atoms with Crippen LogP contribution in [0, 0.1) is 0 Å². The predicted molar refractivity (Wildman–Crippen MR) is 96.3 cm³/mol. The molecule has 0 bridgehead atoms.